The first kappa shape index (κ1) is 16.5. The van der Waals surface area contributed by atoms with Gasteiger partial charge in [-0.3, -0.25) is 9.59 Å². The molecule has 0 bridgehead atoms. The van der Waals surface area contributed by atoms with Crippen molar-refractivity contribution in [2.75, 3.05) is 11.9 Å². The van der Waals surface area contributed by atoms with Crippen LogP contribution < -0.4 is 16.4 Å². The van der Waals surface area contributed by atoms with Crippen LogP contribution in [-0.4, -0.2) is 29.6 Å². The molecule has 0 atom stereocenters. The molecule has 5 N–H and O–H groups in total. The molecule has 0 aliphatic rings. The molecular formula is C14H19N3O4. The van der Waals surface area contributed by atoms with Crippen LogP contribution in [0.2, 0.25) is 0 Å². The molecule has 0 fully saturated rings. The third kappa shape index (κ3) is 5.52. The molecular weight excluding hydrogens is 274 g/mol. The van der Waals surface area contributed by atoms with Crippen molar-refractivity contribution in [1.29, 1.82) is 0 Å². The molecule has 0 heterocycles. The molecule has 114 valence electrons. The Hall–Kier alpha value is -2.57. The number of hydrogen-bond donors (Lipinski definition) is 4. The molecule has 1 aromatic carbocycles. The number of carboxylic acid groups (broad SMARTS) is 1. The lowest BCUT2D eigenvalue weighted by Crippen LogP contribution is -2.43. The van der Waals surface area contributed by atoms with Crippen molar-refractivity contribution in [3.8, 4) is 0 Å². The fraction of sp³-hybridized carbons (Fsp3) is 0.357. The number of carbonyl (C=O) groups excluding carboxylic acids is 2. The number of rotatable bonds is 6. The van der Waals surface area contributed by atoms with E-state index >= 15 is 0 Å². The van der Waals surface area contributed by atoms with Crippen LogP contribution >= 0.6 is 0 Å². The maximum Gasteiger partial charge on any atom is 0.319 e. The predicted molar refractivity (Wildman–Crippen MR) is 77.8 cm³/mol. The van der Waals surface area contributed by atoms with Crippen molar-refractivity contribution in [2.24, 2.45) is 11.1 Å². The SMILES string of the molecule is CC(C)(CNC(=O)Nc1cccc(CC(=O)O)c1)C(N)=O. The number of amides is 3. The molecule has 0 aliphatic heterocycles. The maximum absolute atomic E-state index is 11.7. The van der Waals surface area contributed by atoms with E-state index in [1.807, 2.05) is 0 Å². The van der Waals surface area contributed by atoms with Gasteiger partial charge in [-0.15, -0.1) is 0 Å². The van der Waals surface area contributed by atoms with E-state index in [4.69, 9.17) is 10.8 Å². The van der Waals surface area contributed by atoms with Gasteiger partial charge in [0.05, 0.1) is 11.8 Å². The molecule has 0 aromatic heterocycles. The van der Waals surface area contributed by atoms with Gasteiger partial charge in [0.2, 0.25) is 5.91 Å². The molecule has 1 rings (SSSR count). The first-order chi connectivity index (χ1) is 9.70. The van der Waals surface area contributed by atoms with Crippen molar-refractivity contribution in [3.63, 3.8) is 0 Å². The zero-order valence-electron chi connectivity index (χ0n) is 12.0. The summed E-state index contributed by atoms with van der Waals surface area (Å²) in [7, 11) is 0. The Morgan fingerprint density at radius 2 is 1.95 bits per heavy atom. The number of carbonyl (C=O) groups is 3. The number of primary amides is 1. The minimum absolute atomic E-state index is 0.100. The van der Waals surface area contributed by atoms with E-state index in [2.05, 4.69) is 10.6 Å². The summed E-state index contributed by atoms with van der Waals surface area (Å²) >= 11 is 0. The van der Waals surface area contributed by atoms with Crippen molar-refractivity contribution >= 4 is 23.6 Å². The van der Waals surface area contributed by atoms with Gasteiger partial charge < -0.3 is 21.5 Å². The van der Waals surface area contributed by atoms with Gasteiger partial charge >= 0.3 is 12.0 Å². The van der Waals surface area contributed by atoms with E-state index in [-0.39, 0.29) is 13.0 Å². The molecule has 21 heavy (non-hydrogen) atoms. The van der Waals surface area contributed by atoms with Crippen LogP contribution in [0.15, 0.2) is 24.3 Å². The third-order valence-corrected chi connectivity index (χ3v) is 2.90. The first-order valence-corrected chi connectivity index (χ1v) is 6.36. The molecule has 0 saturated heterocycles. The summed E-state index contributed by atoms with van der Waals surface area (Å²) in [6, 6.07) is 6.04. The Kier molecular flexibility index (Phi) is 5.29. The standard InChI is InChI=1S/C14H19N3O4/c1-14(2,12(15)20)8-16-13(21)17-10-5-3-4-9(6-10)7-11(18)19/h3-6H,7-8H2,1-2H3,(H2,15,20)(H,18,19)(H2,16,17,21). The second-order valence-corrected chi connectivity index (χ2v) is 5.33. The van der Waals surface area contributed by atoms with E-state index in [0.29, 0.717) is 11.3 Å². The third-order valence-electron chi connectivity index (χ3n) is 2.90. The van der Waals surface area contributed by atoms with E-state index in [1.165, 1.54) is 0 Å². The average molecular weight is 293 g/mol. The molecule has 7 nitrogen and oxygen atoms in total. The molecule has 0 unspecified atom stereocenters. The summed E-state index contributed by atoms with van der Waals surface area (Å²) < 4.78 is 0. The highest BCUT2D eigenvalue weighted by molar-refractivity contribution is 5.90. The summed E-state index contributed by atoms with van der Waals surface area (Å²) in [5.41, 5.74) is 5.42. The quantitative estimate of drug-likeness (QED) is 0.623. The van der Waals surface area contributed by atoms with Crippen molar-refractivity contribution in [3.05, 3.63) is 29.8 Å². The van der Waals surface area contributed by atoms with Crippen molar-refractivity contribution in [1.82, 2.24) is 5.32 Å². The second-order valence-electron chi connectivity index (χ2n) is 5.33. The molecule has 0 saturated carbocycles. The van der Waals surface area contributed by atoms with E-state index in [0.717, 1.165) is 0 Å². The Balaban J connectivity index is 2.59. The highest BCUT2D eigenvalue weighted by atomic mass is 16.4. The molecule has 7 heteroatoms. The summed E-state index contributed by atoms with van der Waals surface area (Å²) in [6.45, 7) is 3.36. The number of nitrogens with two attached hydrogens (primary N) is 1. The van der Waals surface area contributed by atoms with Crippen LogP contribution in [0.1, 0.15) is 19.4 Å². The van der Waals surface area contributed by atoms with Gasteiger partial charge in [0, 0.05) is 12.2 Å². The molecule has 3 amide bonds. The van der Waals surface area contributed by atoms with Crippen LogP contribution in [-0.2, 0) is 16.0 Å². The molecule has 1 aromatic rings. The zero-order valence-corrected chi connectivity index (χ0v) is 12.0. The van der Waals surface area contributed by atoms with Gasteiger partial charge in [-0.1, -0.05) is 12.1 Å². The van der Waals surface area contributed by atoms with E-state index in [9.17, 15) is 14.4 Å². The van der Waals surface area contributed by atoms with Crippen LogP contribution in [0, 0.1) is 5.41 Å². The Morgan fingerprint density at radius 3 is 2.52 bits per heavy atom. The minimum atomic E-state index is -0.945. The minimum Gasteiger partial charge on any atom is -0.481 e. The largest absolute Gasteiger partial charge is 0.481 e. The second kappa shape index (κ2) is 6.74. The summed E-state index contributed by atoms with van der Waals surface area (Å²) in [5.74, 6) is -1.45. The summed E-state index contributed by atoms with van der Waals surface area (Å²) in [5, 5.41) is 13.8. The number of anilines is 1. The zero-order chi connectivity index (χ0) is 16.0. The Morgan fingerprint density at radius 1 is 1.29 bits per heavy atom. The number of hydrogen-bond acceptors (Lipinski definition) is 3. The topological polar surface area (TPSA) is 122 Å². The fourth-order valence-corrected chi connectivity index (χ4v) is 1.50. The first-order valence-electron chi connectivity index (χ1n) is 6.36. The number of benzene rings is 1. The van der Waals surface area contributed by atoms with Crippen molar-refractivity contribution < 1.29 is 19.5 Å². The maximum atomic E-state index is 11.7. The number of urea groups is 1. The van der Waals surface area contributed by atoms with Gasteiger partial charge in [0.15, 0.2) is 0 Å². The van der Waals surface area contributed by atoms with E-state index in [1.54, 1.807) is 38.1 Å². The van der Waals surface area contributed by atoms with Gasteiger partial charge in [-0.25, -0.2) is 4.79 Å². The summed E-state index contributed by atoms with van der Waals surface area (Å²) in [6.07, 6.45) is -0.119. The predicted octanol–water partition coefficient (Wildman–Crippen LogP) is 0.947. The van der Waals surface area contributed by atoms with Gasteiger partial charge in [0.25, 0.3) is 0 Å². The van der Waals surface area contributed by atoms with Gasteiger partial charge in [-0.05, 0) is 31.5 Å². The van der Waals surface area contributed by atoms with Crippen LogP contribution in [0.4, 0.5) is 10.5 Å². The number of aliphatic carboxylic acids is 1. The van der Waals surface area contributed by atoms with Crippen LogP contribution in [0.5, 0.6) is 0 Å². The lowest BCUT2D eigenvalue weighted by atomic mass is 9.93. The van der Waals surface area contributed by atoms with Gasteiger partial charge in [-0.2, -0.15) is 0 Å². The molecule has 0 radical (unpaired) electrons. The monoisotopic (exact) mass is 293 g/mol. The molecule has 0 aliphatic carbocycles. The Bertz CT molecular complexity index is 555. The van der Waals surface area contributed by atoms with Gasteiger partial charge in [0.1, 0.15) is 0 Å². The van der Waals surface area contributed by atoms with Crippen LogP contribution in [0.25, 0.3) is 0 Å². The lowest BCUT2D eigenvalue weighted by Gasteiger charge is -2.20. The smallest absolute Gasteiger partial charge is 0.319 e. The Labute approximate surface area is 122 Å². The highest BCUT2D eigenvalue weighted by Gasteiger charge is 2.25. The van der Waals surface area contributed by atoms with Crippen LogP contribution in [0.3, 0.4) is 0 Å². The summed E-state index contributed by atoms with van der Waals surface area (Å²) in [4.78, 5) is 33.5. The normalized spacial score (nSPS) is 10.8. The fourth-order valence-electron chi connectivity index (χ4n) is 1.50. The number of nitrogens with one attached hydrogen (secondary N) is 2. The van der Waals surface area contributed by atoms with E-state index < -0.39 is 23.3 Å². The average Bonchev–Trinajstić information content (AvgIpc) is 2.36. The van der Waals surface area contributed by atoms with Crippen molar-refractivity contribution in [2.45, 2.75) is 20.3 Å². The number of carboxylic acids is 1. The lowest BCUT2D eigenvalue weighted by molar-refractivity contribution is -0.136. The highest BCUT2D eigenvalue weighted by Crippen LogP contribution is 2.13. The molecule has 0 spiro atoms.